The Hall–Kier alpha value is -3.16. The van der Waals surface area contributed by atoms with Gasteiger partial charge in [-0.15, -0.1) is 0 Å². The molecule has 8 nitrogen and oxygen atoms in total. The second-order valence-electron chi connectivity index (χ2n) is 3.93. The maximum absolute atomic E-state index is 10.6. The first-order chi connectivity index (χ1) is 9.63. The number of rotatable bonds is 3. The number of pyridine rings is 1. The standard InChI is InChI=1S/C12H8N4O4/c17-9-6-7(16(18)19)3-4-8(9)14-12-15-11-10(20-12)2-1-5-13-11/h1-6,17H,(H,13,14,15). The van der Waals surface area contributed by atoms with Gasteiger partial charge in [0.2, 0.25) is 5.65 Å². The second-order valence-corrected chi connectivity index (χ2v) is 3.93. The maximum Gasteiger partial charge on any atom is 0.301 e. The smallest absolute Gasteiger partial charge is 0.301 e. The first-order valence-corrected chi connectivity index (χ1v) is 5.59. The first kappa shape index (κ1) is 11.9. The van der Waals surface area contributed by atoms with E-state index in [0.717, 1.165) is 6.07 Å². The number of aromatic nitrogens is 2. The quantitative estimate of drug-likeness (QED) is 0.427. The molecule has 0 amide bonds. The summed E-state index contributed by atoms with van der Waals surface area (Å²) < 4.78 is 5.37. The van der Waals surface area contributed by atoms with E-state index in [1.807, 2.05) is 0 Å². The molecule has 0 bridgehead atoms. The van der Waals surface area contributed by atoms with Gasteiger partial charge in [-0.3, -0.25) is 10.1 Å². The predicted molar refractivity (Wildman–Crippen MR) is 69.8 cm³/mol. The number of nitrogens with zero attached hydrogens (tertiary/aromatic N) is 3. The molecule has 0 aliphatic heterocycles. The van der Waals surface area contributed by atoms with Crippen LogP contribution in [0.4, 0.5) is 17.4 Å². The lowest BCUT2D eigenvalue weighted by Gasteiger charge is -2.03. The third-order valence-electron chi connectivity index (χ3n) is 2.60. The minimum Gasteiger partial charge on any atom is -0.506 e. The van der Waals surface area contributed by atoms with Crippen LogP contribution in [0, 0.1) is 10.1 Å². The van der Waals surface area contributed by atoms with Crippen molar-refractivity contribution in [1.82, 2.24) is 9.97 Å². The predicted octanol–water partition coefficient (Wildman–Crippen LogP) is 2.58. The Morgan fingerprint density at radius 2 is 2.20 bits per heavy atom. The Morgan fingerprint density at radius 3 is 2.90 bits per heavy atom. The number of phenolic OH excluding ortho intramolecular Hbond substituents is 1. The van der Waals surface area contributed by atoms with Gasteiger partial charge in [-0.25, -0.2) is 4.98 Å². The van der Waals surface area contributed by atoms with Crippen molar-refractivity contribution in [3.8, 4) is 5.75 Å². The van der Waals surface area contributed by atoms with Gasteiger partial charge in [-0.1, -0.05) is 0 Å². The summed E-state index contributed by atoms with van der Waals surface area (Å²) in [5.41, 5.74) is 0.974. The Morgan fingerprint density at radius 1 is 1.35 bits per heavy atom. The highest BCUT2D eigenvalue weighted by Crippen LogP contribution is 2.30. The molecule has 0 unspecified atom stereocenters. The fourth-order valence-corrected chi connectivity index (χ4v) is 1.68. The normalized spacial score (nSPS) is 10.6. The van der Waals surface area contributed by atoms with Crippen molar-refractivity contribution >= 4 is 28.6 Å². The minimum absolute atomic E-state index is 0.142. The van der Waals surface area contributed by atoms with E-state index in [-0.39, 0.29) is 23.1 Å². The summed E-state index contributed by atoms with van der Waals surface area (Å²) in [6.07, 6.45) is 1.58. The number of nitrogens with one attached hydrogen (secondary N) is 1. The summed E-state index contributed by atoms with van der Waals surface area (Å²) in [5, 5.41) is 23.0. The highest BCUT2D eigenvalue weighted by molar-refractivity contribution is 5.72. The molecule has 0 radical (unpaired) electrons. The van der Waals surface area contributed by atoms with Crippen LogP contribution >= 0.6 is 0 Å². The fourth-order valence-electron chi connectivity index (χ4n) is 1.68. The van der Waals surface area contributed by atoms with Crippen LogP contribution in [-0.2, 0) is 0 Å². The highest BCUT2D eigenvalue weighted by Gasteiger charge is 2.12. The van der Waals surface area contributed by atoms with Gasteiger partial charge in [0, 0.05) is 12.3 Å². The summed E-state index contributed by atoms with van der Waals surface area (Å²) in [6.45, 7) is 0. The van der Waals surface area contributed by atoms with Crippen molar-refractivity contribution in [2.75, 3.05) is 5.32 Å². The summed E-state index contributed by atoms with van der Waals surface area (Å²) >= 11 is 0. The zero-order valence-electron chi connectivity index (χ0n) is 9.98. The molecule has 0 atom stereocenters. The number of fused-ring (bicyclic) bond motifs is 1. The summed E-state index contributed by atoms with van der Waals surface area (Å²) in [4.78, 5) is 18.1. The molecule has 8 heteroatoms. The highest BCUT2D eigenvalue weighted by atomic mass is 16.6. The van der Waals surface area contributed by atoms with E-state index in [1.54, 1.807) is 18.3 Å². The number of non-ortho nitro benzene ring substituents is 1. The molecule has 2 aromatic heterocycles. The van der Waals surface area contributed by atoms with Crippen LogP contribution in [-0.4, -0.2) is 20.0 Å². The largest absolute Gasteiger partial charge is 0.506 e. The summed E-state index contributed by atoms with van der Waals surface area (Å²) in [6, 6.07) is 7.24. The Balaban J connectivity index is 1.92. The van der Waals surface area contributed by atoms with Crippen molar-refractivity contribution in [3.05, 3.63) is 46.6 Å². The molecule has 0 spiro atoms. The molecule has 0 fully saturated rings. The third-order valence-corrected chi connectivity index (χ3v) is 2.60. The molecular formula is C12H8N4O4. The summed E-state index contributed by atoms with van der Waals surface area (Å²) in [5.74, 6) is -0.269. The molecule has 1 aromatic carbocycles. The van der Waals surface area contributed by atoms with Gasteiger partial charge >= 0.3 is 6.01 Å². The lowest BCUT2D eigenvalue weighted by Crippen LogP contribution is -1.93. The SMILES string of the molecule is O=[N+]([O-])c1ccc(Nc2nc3ncccc3o2)c(O)c1. The van der Waals surface area contributed by atoms with E-state index in [4.69, 9.17) is 4.42 Å². The van der Waals surface area contributed by atoms with Crippen molar-refractivity contribution in [1.29, 1.82) is 0 Å². The topological polar surface area (TPSA) is 114 Å². The van der Waals surface area contributed by atoms with Crippen molar-refractivity contribution in [2.24, 2.45) is 0 Å². The summed E-state index contributed by atoms with van der Waals surface area (Å²) in [7, 11) is 0. The lowest BCUT2D eigenvalue weighted by atomic mass is 10.2. The van der Waals surface area contributed by atoms with Gasteiger partial charge in [0.1, 0.15) is 5.75 Å². The van der Waals surface area contributed by atoms with Gasteiger partial charge in [0.05, 0.1) is 16.7 Å². The number of hydrogen-bond acceptors (Lipinski definition) is 7. The molecular weight excluding hydrogens is 264 g/mol. The molecule has 0 saturated heterocycles. The molecule has 0 saturated carbocycles. The molecule has 2 N–H and O–H groups in total. The molecule has 0 aliphatic rings. The van der Waals surface area contributed by atoms with Crippen LogP contribution in [0.15, 0.2) is 40.9 Å². The number of benzene rings is 1. The van der Waals surface area contributed by atoms with Gasteiger partial charge in [0.25, 0.3) is 5.69 Å². The van der Waals surface area contributed by atoms with E-state index in [0.29, 0.717) is 11.2 Å². The molecule has 20 heavy (non-hydrogen) atoms. The van der Waals surface area contributed by atoms with Gasteiger partial charge in [-0.2, -0.15) is 4.98 Å². The third kappa shape index (κ3) is 2.09. The number of nitro groups is 1. The second kappa shape index (κ2) is 4.50. The fraction of sp³-hybridized carbons (Fsp3) is 0. The zero-order chi connectivity index (χ0) is 14.1. The lowest BCUT2D eigenvalue weighted by molar-refractivity contribution is -0.384. The number of aromatic hydroxyl groups is 1. The Bertz CT molecular complexity index is 766. The number of hydrogen-bond donors (Lipinski definition) is 2. The molecule has 0 aliphatic carbocycles. The first-order valence-electron chi connectivity index (χ1n) is 5.59. The van der Waals surface area contributed by atoms with Crippen LogP contribution in [0.5, 0.6) is 5.75 Å². The maximum atomic E-state index is 10.6. The van der Waals surface area contributed by atoms with E-state index < -0.39 is 4.92 Å². The van der Waals surface area contributed by atoms with E-state index >= 15 is 0 Å². The van der Waals surface area contributed by atoms with Crippen LogP contribution in [0.25, 0.3) is 11.2 Å². The number of anilines is 2. The number of nitro benzene ring substituents is 1. The molecule has 3 rings (SSSR count). The van der Waals surface area contributed by atoms with Crippen molar-refractivity contribution in [2.45, 2.75) is 0 Å². The van der Waals surface area contributed by atoms with Gasteiger partial charge in [0.15, 0.2) is 5.58 Å². The van der Waals surface area contributed by atoms with E-state index in [9.17, 15) is 15.2 Å². The van der Waals surface area contributed by atoms with Crippen molar-refractivity contribution in [3.63, 3.8) is 0 Å². The average molecular weight is 272 g/mol. The Labute approximate surface area is 111 Å². The monoisotopic (exact) mass is 272 g/mol. The number of phenols is 1. The van der Waals surface area contributed by atoms with Crippen molar-refractivity contribution < 1.29 is 14.4 Å². The molecule has 2 heterocycles. The molecule has 100 valence electrons. The van der Waals surface area contributed by atoms with Gasteiger partial charge < -0.3 is 14.8 Å². The average Bonchev–Trinajstić information content (AvgIpc) is 2.83. The van der Waals surface area contributed by atoms with Crippen LogP contribution in [0.2, 0.25) is 0 Å². The van der Waals surface area contributed by atoms with E-state index in [2.05, 4.69) is 15.3 Å². The Kier molecular flexibility index (Phi) is 2.68. The van der Waals surface area contributed by atoms with Gasteiger partial charge in [-0.05, 0) is 18.2 Å². The van der Waals surface area contributed by atoms with Crippen LogP contribution in [0.3, 0.4) is 0 Å². The minimum atomic E-state index is -0.590. The number of oxazole rings is 1. The molecule has 3 aromatic rings. The van der Waals surface area contributed by atoms with E-state index in [1.165, 1.54) is 12.1 Å². The van der Waals surface area contributed by atoms with Crippen LogP contribution in [0.1, 0.15) is 0 Å². The zero-order valence-corrected chi connectivity index (χ0v) is 9.98. The van der Waals surface area contributed by atoms with Crippen LogP contribution < -0.4 is 5.32 Å².